The lowest BCUT2D eigenvalue weighted by molar-refractivity contribution is -0.111. The Balaban J connectivity index is 0.00000450. The number of nitrogens with one attached hydrogen (secondary N) is 2. The predicted molar refractivity (Wildman–Crippen MR) is 130 cm³/mol. The van der Waals surface area contributed by atoms with Crippen LogP contribution >= 0.6 is 17.0 Å². The molecular formula is C22H31BrN2O4Si. The van der Waals surface area contributed by atoms with Crippen LogP contribution in [-0.4, -0.2) is 42.6 Å². The molecule has 0 spiro atoms. The summed E-state index contributed by atoms with van der Waals surface area (Å²) in [6.45, 7) is 6.31. The van der Waals surface area contributed by atoms with Gasteiger partial charge in [-0.15, -0.1) is 17.0 Å². The lowest BCUT2D eigenvalue weighted by Crippen LogP contribution is -2.47. The molecule has 1 atom stereocenters. The second kappa shape index (κ2) is 12.7. The first-order valence-corrected chi connectivity index (χ1v) is 11.3. The molecule has 0 aliphatic heterocycles. The summed E-state index contributed by atoms with van der Waals surface area (Å²) < 4.78 is 16.7. The fourth-order valence-electron chi connectivity index (χ4n) is 3.27. The van der Waals surface area contributed by atoms with Gasteiger partial charge in [0.15, 0.2) is 0 Å². The van der Waals surface area contributed by atoms with Crippen molar-refractivity contribution in [3.05, 3.63) is 61.2 Å². The van der Waals surface area contributed by atoms with Crippen molar-refractivity contribution in [2.75, 3.05) is 38.5 Å². The number of halogens is 1. The summed E-state index contributed by atoms with van der Waals surface area (Å²) >= 11 is 0. The summed E-state index contributed by atoms with van der Waals surface area (Å²) in [5.74, 6) is -0.225. The molecule has 0 radical (unpaired) electrons. The topological polar surface area (TPSA) is 68.8 Å². The van der Waals surface area contributed by atoms with Gasteiger partial charge in [0.05, 0.1) is 0 Å². The van der Waals surface area contributed by atoms with E-state index >= 15 is 0 Å². The molecule has 0 aliphatic rings. The van der Waals surface area contributed by atoms with E-state index < -0.39 is 8.80 Å². The van der Waals surface area contributed by atoms with Gasteiger partial charge in [-0.05, 0) is 36.3 Å². The van der Waals surface area contributed by atoms with E-state index in [4.69, 9.17) is 13.3 Å². The number of hydrogen-bond acceptors (Lipinski definition) is 5. The van der Waals surface area contributed by atoms with Gasteiger partial charge >= 0.3 is 8.80 Å². The molecule has 0 saturated carbocycles. The van der Waals surface area contributed by atoms with Crippen LogP contribution < -0.4 is 10.6 Å². The van der Waals surface area contributed by atoms with Crippen molar-refractivity contribution in [2.24, 2.45) is 0 Å². The normalized spacial score (nSPS) is 11.9. The number of anilines is 2. The van der Waals surface area contributed by atoms with E-state index in [-0.39, 0.29) is 28.4 Å². The van der Waals surface area contributed by atoms with Gasteiger partial charge in [-0.25, -0.2) is 0 Å². The van der Waals surface area contributed by atoms with Crippen molar-refractivity contribution < 1.29 is 18.1 Å². The molecule has 2 N–H and O–H groups in total. The highest BCUT2D eigenvalue weighted by atomic mass is 79.9. The maximum Gasteiger partial charge on any atom is 0.503 e. The third-order valence-electron chi connectivity index (χ3n) is 4.93. The van der Waals surface area contributed by atoms with Crippen LogP contribution in [-0.2, 0) is 18.1 Å². The van der Waals surface area contributed by atoms with Gasteiger partial charge in [-0.2, -0.15) is 0 Å². The van der Waals surface area contributed by atoms with Crippen LogP contribution in [0.1, 0.15) is 13.3 Å². The van der Waals surface area contributed by atoms with E-state index in [1.54, 1.807) is 21.3 Å². The van der Waals surface area contributed by atoms with Crippen LogP contribution in [0.4, 0.5) is 11.4 Å². The fourth-order valence-corrected chi connectivity index (χ4v) is 5.47. The molecule has 2 aromatic carbocycles. The third kappa shape index (κ3) is 6.51. The SMILES string of the molecule is Br.C=CC(=O)Nc1ccc(-c2ccccc2NCCC(C)[Si](OC)(OC)OC)cc1. The minimum atomic E-state index is -2.64. The van der Waals surface area contributed by atoms with E-state index in [9.17, 15) is 4.79 Å². The Morgan fingerprint density at radius 3 is 2.23 bits per heavy atom. The van der Waals surface area contributed by atoms with E-state index in [0.717, 1.165) is 35.5 Å². The molecule has 30 heavy (non-hydrogen) atoms. The molecule has 0 heterocycles. The first-order chi connectivity index (χ1) is 14.0. The minimum Gasteiger partial charge on any atom is -0.385 e. The number of para-hydroxylation sites is 1. The largest absolute Gasteiger partial charge is 0.503 e. The zero-order valence-corrected chi connectivity index (χ0v) is 20.6. The lowest BCUT2D eigenvalue weighted by atomic mass is 10.0. The second-order valence-corrected chi connectivity index (χ2v) is 10.1. The first-order valence-electron chi connectivity index (χ1n) is 9.51. The van der Waals surface area contributed by atoms with Gasteiger partial charge in [0, 0.05) is 50.4 Å². The van der Waals surface area contributed by atoms with Crippen LogP contribution in [0.5, 0.6) is 0 Å². The molecule has 0 aromatic heterocycles. The van der Waals surface area contributed by atoms with Gasteiger partial charge in [0.1, 0.15) is 0 Å². The molecule has 2 aromatic rings. The highest BCUT2D eigenvalue weighted by Gasteiger charge is 2.44. The quantitative estimate of drug-likeness (QED) is 0.334. The van der Waals surface area contributed by atoms with Crippen LogP contribution in [0, 0.1) is 0 Å². The standard InChI is InChI=1S/C22H30N2O4Si.BrH/c1-6-22(25)24-19-13-11-18(12-14-19)20-9-7-8-10-21(20)23-16-15-17(2)29(26-3,27-4)28-5;/h6-14,17,23H,1,15-16H2,2-5H3,(H,24,25);1H. The molecule has 0 fully saturated rings. The zero-order chi connectivity index (χ0) is 21.3. The molecular weight excluding hydrogens is 464 g/mol. The van der Waals surface area contributed by atoms with Gasteiger partial charge in [0.25, 0.3) is 0 Å². The molecule has 0 saturated heterocycles. The van der Waals surface area contributed by atoms with Gasteiger partial charge in [-0.3, -0.25) is 4.79 Å². The van der Waals surface area contributed by atoms with Crippen LogP contribution in [0.3, 0.4) is 0 Å². The fraction of sp³-hybridized carbons (Fsp3) is 0.318. The maximum absolute atomic E-state index is 11.4. The summed E-state index contributed by atoms with van der Waals surface area (Å²) in [6.07, 6.45) is 2.10. The summed E-state index contributed by atoms with van der Waals surface area (Å²) in [4.78, 5) is 11.4. The number of carbonyl (C=O) groups is 1. The number of rotatable bonds is 11. The second-order valence-electron chi connectivity index (χ2n) is 6.65. The van der Waals surface area contributed by atoms with Crippen molar-refractivity contribution in [3.8, 4) is 11.1 Å². The number of carbonyl (C=O) groups excluding carboxylic acids is 1. The molecule has 1 amide bonds. The highest BCUT2D eigenvalue weighted by Crippen LogP contribution is 2.30. The van der Waals surface area contributed by atoms with E-state index in [2.05, 4.69) is 36.3 Å². The monoisotopic (exact) mass is 494 g/mol. The van der Waals surface area contributed by atoms with E-state index in [1.165, 1.54) is 6.08 Å². The van der Waals surface area contributed by atoms with Crippen LogP contribution in [0.25, 0.3) is 11.1 Å². The Morgan fingerprint density at radius 2 is 1.67 bits per heavy atom. The maximum atomic E-state index is 11.4. The Hall–Kier alpha value is -1.97. The number of amides is 1. The Morgan fingerprint density at radius 1 is 1.07 bits per heavy atom. The van der Waals surface area contributed by atoms with Crippen LogP contribution in [0.2, 0.25) is 5.54 Å². The molecule has 0 bridgehead atoms. The molecule has 164 valence electrons. The van der Waals surface area contributed by atoms with Gasteiger partial charge < -0.3 is 23.9 Å². The molecule has 1 unspecified atom stereocenters. The highest BCUT2D eigenvalue weighted by molar-refractivity contribution is 8.93. The van der Waals surface area contributed by atoms with E-state index in [0.29, 0.717) is 0 Å². The third-order valence-corrected chi connectivity index (χ3v) is 8.13. The number of benzene rings is 2. The average Bonchev–Trinajstić information content (AvgIpc) is 2.76. The van der Waals surface area contributed by atoms with Crippen molar-refractivity contribution in [3.63, 3.8) is 0 Å². The molecule has 6 nitrogen and oxygen atoms in total. The smallest absolute Gasteiger partial charge is 0.385 e. The Bertz CT molecular complexity index is 805. The predicted octanol–water partition coefficient (Wildman–Crippen LogP) is 5.13. The van der Waals surface area contributed by atoms with Gasteiger partial charge in [0.2, 0.25) is 5.91 Å². The molecule has 2 rings (SSSR count). The summed E-state index contributed by atoms with van der Waals surface area (Å²) in [5, 5.41) is 6.27. The van der Waals surface area contributed by atoms with Crippen molar-refractivity contribution in [2.45, 2.75) is 18.9 Å². The summed E-state index contributed by atoms with van der Waals surface area (Å²) in [5.41, 5.74) is 4.09. The van der Waals surface area contributed by atoms with Gasteiger partial charge in [-0.1, -0.05) is 43.8 Å². The van der Waals surface area contributed by atoms with Crippen molar-refractivity contribution in [1.29, 1.82) is 0 Å². The average molecular weight is 495 g/mol. The first kappa shape index (κ1) is 26.1. The zero-order valence-electron chi connectivity index (χ0n) is 17.9. The van der Waals surface area contributed by atoms with Crippen LogP contribution in [0.15, 0.2) is 61.2 Å². The summed E-state index contributed by atoms with van der Waals surface area (Å²) in [6, 6.07) is 15.9. The van der Waals surface area contributed by atoms with Crippen molar-refractivity contribution >= 4 is 43.1 Å². The number of hydrogen-bond donors (Lipinski definition) is 2. The van der Waals surface area contributed by atoms with Crippen molar-refractivity contribution in [1.82, 2.24) is 0 Å². The Labute approximate surface area is 190 Å². The van der Waals surface area contributed by atoms with E-state index in [1.807, 2.05) is 36.4 Å². The molecule has 8 heteroatoms. The Kier molecular flexibility index (Phi) is 11.0. The minimum absolute atomic E-state index is 0. The lowest BCUT2D eigenvalue weighted by Gasteiger charge is -2.30. The summed E-state index contributed by atoms with van der Waals surface area (Å²) in [7, 11) is 2.27. The molecule has 0 aliphatic carbocycles.